The molecule has 3 atom stereocenters. The Balaban J connectivity index is 1.68. The number of phenolic OH excluding ortho intramolecular Hbond substituents is 2. The van der Waals surface area contributed by atoms with E-state index in [2.05, 4.69) is 0 Å². The largest absolute Gasteiger partial charge is 0.507 e. The van der Waals surface area contributed by atoms with E-state index in [1.807, 2.05) is 0 Å². The van der Waals surface area contributed by atoms with Crippen LogP contribution < -0.4 is 0 Å². The van der Waals surface area contributed by atoms with Crippen molar-refractivity contribution in [1.82, 2.24) is 0 Å². The predicted octanol–water partition coefficient (Wildman–Crippen LogP) is 2.99. The summed E-state index contributed by atoms with van der Waals surface area (Å²) in [5.74, 6) is -1.47. The summed E-state index contributed by atoms with van der Waals surface area (Å²) in [6.07, 6.45) is 3.32. The number of ketones is 2. The van der Waals surface area contributed by atoms with Gasteiger partial charge in [-0.3, -0.25) is 9.59 Å². The monoisotopic (exact) mass is 442 g/mol. The minimum atomic E-state index is -0.835. The SMILES string of the molecule is COC1=C2C(=O)c3c(O)c4c(c(O)c3C(=O)C2=CCC1)CC(O)CC4OC1CCCCO1. The number of rotatable bonds is 3. The van der Waals surface area contributed by atoms with Gasteiger partial charge in [0.05, 0.1) is 36.0 Å². The van der Waals surface area contributed by atoms with Crippen LogP contribution in [-0.2, 0) is 20.6 Å². The molecule has 1 heterocycles. The Morgan fingerprint density at radius 2 is 1.88 bits per heavy atom. The second-order valence-electron chi connectivity index (χ2n) is 8.67. The molecule has 3 aliphatic carbocycles. The fourth-order valence-electron chi connectivity index (χ4n) is 5.24. The summed E-state index contributed by atoms with van der Waals surface area (Å²) in [7, 11) is 1.44. The molecule has 8 nitrogen and oxygen atoms in total. The Bertz CT molecular complexity index is 1060. The predicted molar refractivity (Wildman–Crippen MR) is 112 cm³/mol. The van der Waals surface area contributed by atoms with Gasteiger partial charge in [-0.1, -0.05) is 6.08 Å². The molecule has 0 bridgehead atoms. The van der Waals surface area contributed by atoms with E-state index in [-0.39, 0.29) is 57.7 Å². The summed E-state index contributed by atoms with van der Waals surface area (Å²) >= 11 is 0. The smallest absolute Gasteiger partial charge is 0.201 e. The standard InChI is InChI=1S/C24H26O8/c1-30-14-6-4-5-12-17(14)23(28)20-19(21(12)26)22(27)13-9-11(25)10-15(18(13)24(20)29)32-16-7-2-3-8-31-16/h5,11,15-16,25,27,29H,2-4,6-10H2,1H3. The lowest BCUT2D eigenvalue weighted by molar-refractivity contribution is -0.197. The first kappa shape index (κ1) is 21.2. The molecule has 8 heteroatoms. The molecular formula is C24H26O8. The number of benzene rings is 1. The summed E-state index contributed by atoms with van der Waals surface area (Å²) in [6.45, 7) is 0.560. The van der Waals surface area contributed by atoms with Crippen molar-refractivity contribution >= 4 is 11.6 Å². The van der Waals surface area contributed by atoms with Crippen molar-refractivity contribution in [2.75, 3.05) is 13.7 Å². The zero-order valence-electron chi connectivity index (χ0n) is 17.8. The first-order valence-electron chi connectivity index (χ1n) is 11.0. The zero-order chi connectivity index (χ0) is 22.6. The van der Waals surface area contributed by atoms with Crippen molar-refractivity contribution in [3.63, 3.8) is 0 Å². The van der Waals surface area contributed by atoms with E-state index in [0.29, 0.717) is 31.6 Å². The number of methoxy groups -OCH3 is 1. The number of aliphatic hydroxyl groups is 1. The number of aliphatic hydroxyl groups excluding tert-OH is 1. The van der Waals surface area contributed by atoms with Gasteiger partial charge >= 0.3 is 0 Å². The van der Waals surface area contributed by atoms with Crippen molar-refractivity contribution in [1.29, 1.82) is 0 Å². The van der Waals surface area contributed by atoms with Crippen molar-refractivity contribution in [2.45, 2.75) is 63.4 Å². The van der Waals surface area contributed by atoms with Gasteiger partial charge in [0, 0.05) is 42.6 Å². The first-order chi connectivity index (χ1) is 15.4. The highest BCUT2D eigenvalue weighted by atomic mass is 16.7. The third-order valence-electron chi connectivity index (χ3n) is 6.73. The molecule has 1 aromatic carbocycles. The number of hydrogen-bond donors (Lipinski definition) is 3. The summed E-state index contributed by atoms with van der Waals surface area (Å²) < 4.78 is 17.1. The summed E-state index contributed by atoms with van der Waals surface area (Å²) in [5, 5.41) is 32.8. The van der Waals surface area contributed by atoms with Gasteiger partial charge < -0.3 is 29.5 Å². The second-order valence-corrected chi connectivity index (χ2v) is 8.67. The van der Waals surface area contributed by atoms with Gasteiger partial charge in [-0.25, -0.2) is 0 Å². The van der Waals surface area contributed by atoms with Gasteiger partial charge in [-0.05, 0) is 25.7 Å². The number of carbonyl (C=O) groups excluding carboxylic acids is 2. The van der Waals surface area contributed by atoms with E-state index in [9.17, 15) is 24.9 Å². The fourth-order valence-corrected chi connectivity index (χ4v) is 5.24. The average molecular weight is 442 g/mol. The fraction of sp³-hybridized carbons (Fsp3) is 0.500. The van der Waals surface area contributed by atoms with E-state index in [1.54, 1.807) is 6.08 Å². The van der Waals surface area contributed by atoms with Crippen molar-refractivity contribution < 1.29 is 39.1 Å². The molecule has 5 rings (SSSR count). The Kier molecular flexibility index (Phi) is 5.31. The van der Waals surface area contributed by atoms with Gasteiger partial charge in [0.2, 0.25) is 5.78 Å². The number of aromatic hydroxyl groups is 2. The van der Waals surface area contributed by atoms with E-state index in [4.69, 9.17) is 14.2 Å². The van der Waals surface area contributed by atoms with Crippen LogP contribution in [0.15, 0.2) is 23.0 Å². The van der Waals surface area contributed by atoms with Crippen LogP contribution in [0.1, 0.15) is 76.5 Å². The van der Waals surface area contributed by atoms with Gasteiger partial charge in [-0.2, -0.15) is 0 Å². The lowest BCUT2D eigenvalue weighted by atomic mass is 9.74. The molecule has 3 unspecified atom stereocenters. The molecule has 0 aromatic heterocycles. The molecule has 1 aromatic rings. The molecule has 170 valence electrons. The van der Waals surface area contributed by atoms with E-state index >= 15 is 0 Å². The van der Waals surface area contributed by atoms with Crippen LogP contribution >= 0.6 is 0 Å². The number of Topliss-reactive ketones (excluding diaryl/α,β-unsaturated/α-hetero) is 2. The quantitative estimate of drug-likeness (QED) is 0.611. The zero-order valence-corrected chi connectivity index (χ0v) is 17.8. The summed E-state index contributed by atoms with van der Waals surface area (Å²) in [4.78, 5) is 26.8. The molecule has 32 heavy (non-hydrogen) atoms. The molecule has 0 amide bonds. The molecule has 1 aliphatic heterocycles. The highest BCUT2D eigenvalue weighted by Crippen LogP contribution is 2.51. The summed E-state index contributed by atoms with van der Waals surface area (Å²) in [5.41, 5.74) is 0.335. The maximum absolute atomic E-state index is 13.5. The number of phenols is 2. The Labute approximate surface area is 185 Å². The van der Waals surface area contributed by atoms with E-state index < -0.39 is 30.1 Å². The molecule has 1 saturated heterocycles. The van der Waals surface area contributed by atoms with Crippen LogP contribution in [-0.4, -0.2) is 53.0 Å². The number of carbonyl (C=O) groups is 2. The van der Waals surface area contributed by atoms with Gasteiger partial charge in [0.15, 0.2) is 12.1 Å². The van der Waals surface area contributed by atoms with Crippen LogP contribution in [0.4, 0.5) is 0 Å². The minimum Gasteiger partial charge on any atom is -0.507 e. The molecular weight excluding hydrogens is 416 g/mol. The van der Waals surface area contributed by atoms with Crippen LogP contribution in [0, 0.1) is 0 Å². The molecule has 3 N–H and O–H groups in total. The normalized spacial score (nSPS) is 27.4. The number of fused-ring (bicyclic) bond motifs is 3. The lowest BCUT2D eigenvalue weighted by Gasteiger charge is -2.36. The lowest BCUT2D eigenvalue weighted by Crippen LogP contribution is -2.32. The minimum absolute atomic E-state index is 0.0416. The molecule has 1 fully saturated rings. The van der Waals surface area contributed by atoms with E-state index in [0.717, 1.165) is 12.8 Å². The molecule has 4 aliphatic rings. The Morgan fingerprint density at radius 1 is 1.09 bits per heavy atom. The first-order valence-corrected chi connectivity index (χ1v) is 11.0. The van der Waals surface area contributed by atoms with E-state index in [1.165, 1.54) is 7.11 Å². The van der Waals surface area contributed by atoms with Crippen LogP contribution in [0.5, 0.6) is 11.5 Å². The second kappa shape index (κ2) is 8.03. The highest BCUT2D eigenvalue weighted by molar-refractivity contribution is 6.33. The maximum atomic E-state index is 13.5. The van der Waals surface area contributed by atoms with Gasteiger partial charge in [0.25, 0.3) is 0 Å². The van der Waals surface area contributed by atoms with Gasteiger partial charge in [0.1, 0.15) is 17.3 Å². The van der Waals surface area contributed by atoms with Crippen LogP contribution in [0.25, 0.3) is 0 Å². The number of allylic oxidation sites excluding steroid dienone is 4. The van der Waals surface area contributed by atoms with Crippen LogP contribution in [0.3, 0.4) is 0 Å². The Morgan fingerprint density at radius 3 is 2.59 bits per heavy atom. The number of ether oxygens (including phenoxy) is 3. The van der Waals surface area contributed by atoms with Gasteiger partial charge in [-0.15, -0.1) is 0 Å². The molecule has 0 saturated carbocycles. The van der Waals surface area contributed by atoms with Crippen molar-refractivity contribution in [3.05, 3.63) is 45.2 Å². The molecule has 0 spiro atoms. The topological polar surface area (TPSA) is 123 Å². The molecule has 0 radical (unpaired) electrons. The van der Waals surface area contributed by atoms with Crippen molar-refractivity contribution in [2.24, 2.45) is 0 Å². The van der Waals surface area contributed by atoms with Crippen LogP contribution in [0.2, 0.25) is 0 Å². The highest BCUT2D eigenvalue weighted by Gasteiger charge is 2.45. The maximum Gasteiger partial charge on any atom is 0.201 e. The average Bonchev–Trinajstić information content (AvgIpc) is 2.79. The Hall–Kier alpha value is -2.68. The van der Waals surface area contributed by atoms with Crippen molar-refractivity contribution in [3.8, 4) is 11.5 Å². The summed E-state index contributed by atoms with van der Waals surface area (Å²) in [6, 6.07) is 0. The third kappa shape index (κ3) is 3.17. The number of hydrogen-bond acceptors (Lipinski definition) is 8. The third-order valence-corrected chi connectivity index (χ3v) is 6.73.